The van der Waals surface area contributed by atoms with Gasteiger partial charge in [0, 0.05) is 12.1 Å². The molecule has 0 aromatic heterocycles. The van der Waals surface area contributed by atoms with Crippen LogP contribution < -0.4 is 11.1 Å². The maximum absolute atomic E-state index is 12.6. The van der Waals surface area contributed by atoms with Crippen molar-refractivity contribution in [2.75, 3.05) is 13.1 Å². The van der Waals surface area contributed by atoms with Crippen LogP contribution in [0.3, 0.4) is 0 Å². The lowest BCUT2D eigenvalue weighted by molar-refractivity contribution is -0.196. The van der Waals surface area contributed by atoms with E-state index in [1.807, 2.05) is 19.1 Å². The summed E-state index contributed by atoms with van der Waals surface area (Å²) in [5.74, 6) is -2.80. The minimum absolute atomic E-state index is 0.0380. The zero-order chi connectivity index (χ0) is 24.5. The highest BCUT2D eigenvalue weighted by Crippen LogP contribution is 2.52. The lowest BCUT2D eigenvalue weighted by Crippen LogP contribution is -2.35. The smallest absolute Gasteiger partial charge is 0.352 e. The molecular weight excluding hydrogens is 422 g/mol. The second-order valence-electron chi connectivity index (χ2n) is 8.40. The summed E-state index contributed by atoms with van der Waals surface area (Å²) in [5.41, 5.74) is 5.32. The van der Waals surface area contributed by atoms with Gasteiger partial charge in [-0.25, -0.2) is 4.79 Å². The molecule has 0 radical (unpaired) electrons. The van der Waals surface area contributed by atoms with Crippen LogP contribution in [0, 0.1) is 23.7 Å². The van der Waals surface area contributed by atoms with Crippen molar-refractivity contribution in [1.82, 2.24) is 10.4 Å². The summed E-state index contributed by atoms with van der Waals surface area (Å²) < 4.78 is 0. The Morgan fingerprint density at radius 3 is 2.24 bits per heavy atom. The molecule has 0 aromatic rings. The molecule has 2 fully saturated rings. The second-order valence-corrected chi connectivity index (χ2v) is 8.40. The number of amides is 3. The van der Waals surface area contributed by atoms with Gasteiger partial charge in [0.1, 0.15) is 0 Å². The molecule has 0 spiro atoms. The summed E-state index contributed by atoms with van der Waals surface area (Å²) in [5, 5.41) is 3.42. The molecule has 8 nitrogen and oxygen atoms in total. The third-order valence-corrected chi connectivity index (χ3v) is 6.00. The number of allylic oxidation sites excluding steroid dienone is 4. The fraction of sp³-hybridized carbons (Fsp3) is 0.520. The van der Waals surface area contributed by atoms with E-state index in [4.69, 9.17) is 10.6 Å². The Morgan fingerprint density at radius 2 is 1.73 bits per heavy atom. The predicted molar refractivity (Wildman–Crippen MR) is 125 cm³/mol. The lowest BCUT2D eigenvalue weighted by atomic mass is 9.85. The van der Waals surface area contributed by atoms with Crippen molar-refractivity contribution in [1.29, 1.82) is 0 Å². The van der Waals surface area contributed by atoms with Gasteiger partial charge >= 0.3 is 5.97 Å². The molecule has 1 saturated heterocycles. The number of carbonyl (C=O) groups excluding carboxylic acids is 4. The predicted octanol–water partition coefficient (Wildman–Crippen LogP) is 2.58. The normalized spacial score (nSPS) is 25.5. The van der Waals surface area contributed by atoms with Crippen LogP contribution in [0.15, 0.2) is 48.1 Å². The van der Waals surface area contributed by atoms with Crippen molar-refractivity contribution in [3.8, 4) is 0 Å². The Hall–Kier alpha value is -3.00. The van der Waals surface area contributed by atoms with Crippen LogP contribution in [-0.2, 0) is 24.0 Å². The number of unbranched alkanes of at least 4 members (excludes halogenated alkanes) is 2. The zero-order valence-corrected chi connectivity index (χ0v) is 19.7. The molecule has 2 aliphatic carbocycles. The molecule has 4 atom stereocenters. The first-order valence-corrected chi connectivity index (χ1v) is 11.6. The largest absolute Gasteiger partial charge is 0.363 e. The summed E-state index contributed by atoms with van der Waals surface area (Å²) in [6.07, 6.45) is 11.9. The Bertz CT molecular complexity index is 843. The van der Waals surface area contributed by atoms with E-state index in [0.717, 1.165) is 32.2 Å². The van der Waals surface area contributed by atoms with Gasteiger partial charge in [0.15, 0.2) is 0 Å². The Kier molecular flexibility index (Phi) is 9.78. The highest BCUT2D eigenvalue weighted by molar-refractivity contribution is 6.07. The topological polar surface area (TPSA) is 119 Å². The van der Waals surface area contributed by atoms with Crippen LogP contribution in [0.2, 0.25) is 0 Å². The number of hydroxylamine groups is 2. The Labute approximate surface area is 195 Å². The van der Waals surface area contributed by atoms with E-state index in [9.17, 15) is 19.2 Å². The van der Waals surface area contributed by atoms with E-state index in [1.165, 1.54) is 18.2 Å². The van der Waals surface area contributed by atoms with Crippen molar-refractivity contribution in [3.05, 3.63) is 48.1 Å². The maximum Gasteiger partial charge on any atom is 0.363 e. The van der Waals surface area contributed by atoms with Gasteiger partial charge < -0.3 is 15.9 Å². The van der Waals surface area contributed by atoms with Crippen LogP contribution in [0.5, 0.6) is 0 Å². The molecule has 33 heavy (non-hydrogen) atoms. The standard InChI is InChI=1S/C23H28N2O5.C2H7N/c1-4-6-7-12-24-20(26)14(3)8-9-15(5-2)23(29)30-25-21(27)18-16-10-11-17(13-16)19(18)22(25)28;1-2-3/h5,8-11,16-19H,2,4,6-7,12-13H2,1,3H3,(H,24,26);2-3H2,1H3/b14-8+,15-9+;. The van der Waals surface area contributed by atoms with E-state index in [1.54, 1.807) is 6.92 Å². The lowest BCUT2D eigenvalue weighted by Gasteiger charge is -2.16. The number of rotatable bonds is 9. The number of imide groups is 1. The summed E-state index contributed by atoms with van der Waals surface area (Å²) in [4.78, 5) is 54.9. The van der Waals surface area contributed by atoms with Crippen molar-refractivity contribution in [2.24, 2.45) is 29.4 Å². The molecular formula is C25H35N3O5. The van der Waals surface area contributed by atoms with Gasteiger partial charge in [-0.05, 0) is 44.2 Å². The summed E-state index contributed by atoms with van der Waals surface area (Å²) in [7, 11) is 0. The van der Waals surface area contributed by atoms with Crippen molar-refractivity contribution < 1.29 is 24.0 Å². The molecule has 8 heteroatoms. The van der Waals surface area contributed by atoms with E-state index in [2.05, 4.69) is 18.8 Å². The fourth-order valence-electron chi connectivity index (χ4n) is 4.33. The average Bonchev–Trinajstić information content (AvgIpc) is 3.47. The molecule has 1 heterocycles. The molecule has 2 bridgehead atoms. The van der Waals surface area contributed by atoms with E-state index in [-0.39, 0.29) is 23.3 Å². The van der Waals surface area contributed by atoms with E-state index in [0.29, 0.717) is 17.2 Å². The Balaban J connectivity index is 0.00000122. The zero-order valence-electron chi connectivity index (χ0n) is 19.7. The molecule has 3 amide bonds. The van der Waals surface area contributed by atoms with Gasteiger partial charge in [-0.2, -0.15) is 0 Å². The van der Waals surface area contributed by atoms with Crippen LogP contribution in [0.25, 0.3) is 0 Å². The first kappa shape index (κ1) is 26.3. The highest BCUT2D eigenvalue weighted by atomic mass is 16.7. The van der Waals surface area contributed by atoms with Gasteiger partial charge in [-0.1, -0.05) is 57.6 Å². The van der Waals surface area contributed by atoms with Gasteiger partial charge in [-0.15, -0.1) is 5.06 Å². The summed E-state index contributed by atoms with van der Waals surface area (Å²) in [6, 6.07) is 0. The molecule has 0 aromatic carbocycles. The molecule has 180 valence electrons. The number of nitrogens with two attached hydrogens (primary N) is 1. The third kappa shape index (κ3) is 6.07. The van der Waals surface area contributed by atoms with Gasteiger partial charge in [0.2, 0.25) is 5.91 Å². The minimum Gasteiger partial charge on any atom is -0.352 e. The Morgan fingerprint density at radius 1 is 1.15 bits per heavy atom. The third-order valence-electron chi connectivity index (χ3n) is 6.00. The minimum atomic E-state index is -0.862. The maximum atomic E-state index is 12.6. The molecule has 3 N–H and O–H groups in total. The molecule has 3 aliphatic rings. The highest BCUT2D eigenvalue weighted by Gasteiger charge is 2.60. The first-order chi connectivity index (χ1) is 15.8. The van der Waals surface area contributed by atoms with E-state index >= 15 is 0 Å². The number of fused-ring (bicyclic) bond motifs is 5. The van der Waals surface area contributed by atoms with Crippen LogP contribution in [-0.4, -0.2) is 41.8 Å². The fourth-order valence-corrected chi connectivity index (χ4v) is 4.33. The van der Waals surface area contributed by atoms with Gasteiger partial charge in [0.05, 0.1) is 17.4 Å². The average molecular weight is 458 g/mol. The first-order valence-electron chi connectivity index (χ1n) is 11.6. The van der Waals surface area contributed by atoms with Gasteiger partial charge in [-0.3, -0.25) is 14.4 Å². The van der Waals surface area contributed by atoms with Crippen LogP contribution in [0.4, 0.5) is 0 Å². The summed E-state index contributed by atoms with van der Waals surface area (Å²) in [6.45, 7) is 10.5. The molecule has 1 saturated carbocycles. The number of nitrogens with zero attached hydrogens (tertiary/aromatic N) is 1. The molecule has 1 aliphatic heterocycles. The monoisotopic (exact) mass is 457 g/mol. The van der Waals surface area contributed by atoms with Crippen LogP contribution in [0.1, 0.15) is 46.5 Å². The van der Waals surface area contributed by atoms with Gasteiger partial charge in [0.25, 0.3) is 11.8 Å². The number of hydrogen-bond acceptors (Lipinski definition) is 6. The quantitative estimate of drug-likeness (QED) is 0.181. The number of hydrogen-bond donors (Lipinski definition) is 2. The van der Waals surface area contributed by atoms with Crippen molar-refractivity contribution in [3.63, 3.8) is 0 Å². The molecule has 4 unspecified atom stereocenters. The van der Waals surface area contributed by atoms with E-state index < -0.39 is 29.6 Å². The van der Waals surface area contributed by atoms with Crippen molar-refractivity contribution in [2.45, 2.75) is 46.5 Å². The van der Waals surface area contributed by atoms with Crippen LogP contribution >= 0.6 is 0 Å². The summed E-state index contributed by atoms with van der Waals surface area (Å²) >= 11 is 0. The molecule has 3 rings (SSSR count). The van der Waals surface area contributed by atoms with Crippen molar-refractivity contribution >= 4 is 23.7 Å². The second kappa shape index (κ2) is 12.3. The SMILES string of the molecule is C=C/C(=C\C=C(/C)C(=O)NCCCCC)C(=O)ON1C(=O)C2C3C=CC(C3)C2C1=O.CCN. The number of nitrogens with one attached hydrogen (secondary N) is 1. The number of carbonyl (C=O) groups is 4.